The van der Waals surface area contributed by atoms with Gasteiger partial charge in [-0.1, -0.05) is 55.2 Å². The largest absolute Gasteiger partial charge is 0.0970 e. The summed E-state index contributed by atoms with van der Waals surface area (Å²) in [5.41, 5.74) is 0. The minimum absolute atomic E-state index is 0.508. The molecule has 1 atom stereocenters. The molecule has 0 spiro atoms. The Morgan fingerprint density at radius 3 is 2.31 bits per heavy atom. The molecule has 0 aromatic carbocycles. The van der Waals surface area contributed by atoms with Crippen LogP contribution in [0.3, 0.4) is 0 Å². The average Bonchev–Trinajstić information content (AvgIpc) is 2.04. The summed E-state index contributed by atoms with van der Waals surface area (Å²) in [6.45, 7) is 9.32. The molecule has 0 aliphatic rings. The van der Waals surface area contributed by atoms with E-state index in [0.29, 0.717) is 4.75 Å². The lowest BCUT2D eigenvalue weighted by atomic mass is 9.97. The monoisotopic (exact) mass is 220 g/mol. The van der Waals surface area contributed by atoms with Crippen LogP contribution in [0.2, 0.25) is 0 Å². The van der Waals surface area contributed by atoms with Crippen molar-refractivity contribution in [3.63, 3.8) is 0 Å². The molecule has 0 aliphatic carbocycles. The molecular weight excluding hydrogens is 196 g/mol. The van der Waals surface area contributed by atoms with E-state index >= 15 is 0 Å². The SMILES string of the molecule is CC[C@@](C)(CCCC(C)C)SSC. The first kappa shape index (κ1) is 13.7. The zero-order chi connectivity index (χ0) is 10.3. The Balaban J connectivity index is 3.69. The zero-order valence-corrected chi connectivity index (χ0v) is 11.4. The Hall–Kier alpha value is 0.700. The molecule has 0 heterocycles. The van der Waals surface area contributed by atoms with Crippen LogP contribution >= 0.6 is 21.6 Å². The molecule has 0 fully saturated rings. The number of rotatable bonds is 7. The van der Waals surface area contributed by atoms with E-state index in [1.165, 1.54) is 25.7 Å². The van der Waals surface area contributed by atoms with Gasteiger partial charge in [0, 0.05) is 4.75 Å². The third-order valence-electron chi connectivity index (χ3n) is 2.52. The molecule has 0 rings (SSSR count). The van der Waals surface area contributed by atoms with E-state index in [9.17, 15) is 0 Å². The first-order chi connectivity index (χ1) is 6.04. The van der Waals surface area contributed by atoms with Crippen molar-refractivity contribution < 1.29 is 0 Å². The van der Waals surface area contributed by atoms with Gasteiger partial charge < -0.3 is 0 Å². The van der Waals surface area contributed by atoms with E-state index in [1.807, 2.05) is 21.6 Å². The molecule has 0 saturated carbocycles. The van der Waals surface area contributed by atoms with E-state index < -0.39 is 0 Å². The van der Waals surface area contributed by atoms with Gasteiger partial charge in [0.2, 0.25) is 0 Å². The summed E-state index contributed by atoms with van der Waals surface area (Å²) in [7, 11) is 3.96. The molecule has 13 heavy (non-hydrogen) atoms. The Labute approximate surface area is 92.0 Å². The molecule has 0 unspecified atom stereocenters. The van der Waals surface area contributed by atoms with Crippen LogP contribution in [-0.4, -0.2) is 11.0 Å². The summed E-state index contributed by atoms with van der Waals surface area (Å²) in [4.78, 5) is 0. The van der Waals surface area contributed by atoms with Crippen LogP contribution in [0.25, 0.3) is 0 Å². The second-order valence-electron chi connectivity index (χ2n) is 4.34. The molecule has 80 valence electrons. The quantitative estimate of drug-likeness (QED) is 0.554. The van der Waals surface area contributed by atoms with Gasteiger partial charge in [-0.2, -0.15) is 0 Å². The normalized spacial score (nSPS) is 16.2. The van der Waals surface area contributed by atoms with E-state index in [-0.39, 0.29) is 0 Å². The van der Waals surface area contributed by atoms with Crippen molar-refractivity contribution in [2.24, 2.45) is 5.92 Å². The van der Waals surface area contributed by atoms with E-state index in [0.717, 1.165) is 5.92 Å². The van der Waals surface area contributed by atoms with Crippen LogP contribution in [0.4, 0.5) is 0 Å². The summed E-state index contributed by atoms with van der Waals surface area (Å²) in [6.07, 6.45) is 7.60. The van der Waals surface area contributed by atoms with Crippen molar-refractivity contribution in [3.05, 3.63) is 0 Å². The fourth-order valence-electron chi connectivity index (χ4n) is 1.36. The molecule has 0 aromatic heterocycles. The highest BCUT2D eigenvalue weighted by Gasteiger charge is 2.21. The fraction of sp³-hybridized carbons (Fsp3) is 1.00. The van der Waals surface area contributed by atoms with Gasteiger partial charge in [-0.05, 0) is 31.9 Å². The average molecular weight is 220 g/mol. The minimum Gasteiger partial charge on any atom is -0.0970 e. The fourth-order valence-corrected chi connectivity index (χ4v) is 3.92. The van der Waals surface area contributed by atoms with Crippen LogP contribution in [-0.2, 0) is 0 Å². The third kappa shape index (κ3) is 6.73. The van der Waals surface area contributed by atoms with Crippen LogP contribution in [0.5, 0.6) is 0 Å². The third-order valence-corrected chi connectivity index (χ3v) is 5.29. The van der Waals surface area contributed by atoms with Crippen molar-refractivity contribution in [2.45, 2.75) is 58.1 Å². The topological polar surface area (TPSA) is 0 Å². The molecule has 0 aromatic rings. The zero-order valence-electron chi connectivity index (χ0n) is 9.72. The maximum Gasteiger partial charge on any atom is 0.0232 e. The lowest BCUT2D eigenvalue weighted by Gasteiger charge is -2.26. The lowest BCUT2D eigenvalue weighted by molar-refractivity contribution is 0.480. The molecule has 0 radical (unpaired) electrons. The van der Waals surface area contributed by atoms with Gasteiger partial charge in [-0.3, -0.25) is 0 Å². The van der Waals surface area contributed by atoms with Crippen molar-refractivity contribution >= 4 is 21.6 Å². The molecule has 0 amide bonds. The Morgan fingerprint density at radius 2 is 1.92 bits per heavy atom. The maximum absolute atomic E-state index is 2.40. The molecule has 0 saturated heterocycles. The Kier molecular flexibility index (Phi) is 7.43. The molecule has 0 nitrogen and oxygen atoms in total. The summed E-state index contributed by atoms with van der Waals surface area (Å²) in [5, 5.41) is 0. The van der Waals surface area contributed by atoms with Crippen LogP contribution in [0.1, 0.15) is 53.4 Å². The van der Waals surface area contributed by atoms with Gasteiger partial charge in [-0.25, -0.2) is 0 Å². The second kappa shape index (κ2) is 7.05. The highest BCUT2D eigenvalue weighted by atomic mass is 33.1. The summed E-state index contributed by atoms with van der Waals surface area (Å²) in [6, 6.07) is 0. The smallest absolute Gasteiger partial charge is 0.0232 e. The highest BCUT2D eigenvalue weighted by Crippen LogP contribution is 2.40. The molecule has 0 bridgehead atoms. The van der Waals surface area contributed by atoms with Crippen LogP contribution in [0.15, 0.2) is 0 Å². The van der Waals surface area contributed by atoms with Crippen molar-refractivity contribution in [3.8, 4) is 0 Å². The van der Waals surface area contributed by atoms with Gasteiger partial charge in [0.15, 0.2) is 0 Å². The predicted molar refractivity (Wildman–Crippen MR) is 68.5 cm³/mol. The van der Waals surface area contributed by atoms with E-state index in [1.54, 1.807) is 0 Å². The summed E-state index contributed by atoms with van der Waals surface area (Å²) in [5.74, 6) is 0.861. The first-order valence-electron chi connectivity index (χ1n) is 5.26. The van der Waals surface area contributed by atoms with Crippen molar-refractivity contribution in [2.75, 3.05) is 6.26 Å². The standard InChI is InChI=1S/C11H24S2/c1-6-11(4,13-12-5)9-7-8-10(2)3/h10H,6-9H2,1-5H3/t11-/m0/s1. The van der Waals surface area contributed by atoms with Gasteiger partial charge in [0.05, 0.1) is 0 Å². The second-order valence-corrected chi connectivity index (χ2v) is 7.33. The van der Waals surface area contributed by atoms with Crippen molar-refractivity contribution in [1.82, 2.24) is 0 Å². The highest BCUT2D eigenvalue weighted by molar-refractivity contribution is 8.76. The van der Waals surface area contributed by atoms with Gasteiger partial charge in [0.1, 0.15) is 0 Å². The Bertz CT molecular complexity index is 123. The van der Waals surface area contributed by atoms with E-state index in [2.05, 4.69) is 34.0 Å². The number of hydrogen-bond acceptors (Lipinski definition) is 2. The maximum atomic E-state index is 2.40. The lowest BCUT2D eigenvalue weighted by Crippen LogP contribution is -2.17. The predicted octanol–water partition coefficient (Wildman–Crippen LogP) is 4.99. The Morgan fingerprint density at radius 1 is 1.31 bits per heavy atom. The summed E-state index contributed by atoms with van der Waals surface area (Å²) >= 11 is 0. The van der Waals surface area contributed by atoms with Crippen molar-refractivity contribution in [1.29, 1.82) is 0 Å². The van der Waals surface area contributed by atoms with Gasteiger partial charge in [-0.15, -0.1) is 0 Å². The molecule has 0 aliphatic heterocycles. The molecule has 2 heteroatoms. The first-order valence-corrected chi connectivity index (χ1v) is 7.81. The minimum atomic E-state index is 0.508. The van der Waals surface area contributed by atoms with Crippen LogP contribution < -0.4 is 0 Å². The van der Waals surface area contributed by atoms with Gasteiger partial charge in [0.25, 0.3) is 0 Å². The molecule has 0 N–H and O–H groups in total. The van der Waals surface area contributed by atoms with E-state index in [4.69, 9.17) is 0 Å². The van der Waals surface area contributed by atoms with Crippen LogP contribution in [0, 0.1) is 5.92 Å². The molecular formula is C11H24S2. The summed E-state index contributed by atoms with van der Waals surface area (Å²) < 4.78 is 0.508. The van der Waals surface area contributed by atoms with Gasteiger partial charge >= 0.3 is 0 Å². The number of hydrogen-bond donors (Lipinski definition) is 0.